The molecule has 0 radical (unpaired) electrons. The minimum atomic E-state index is -0.948. The Morgan fingerprint density at radius 1 is 1.21 bits per heavy atom. The Balaban J connectivity index is 1.89. The Labute approximate surface area is 143 Å². The lowest BCUT2D eigenvalue weighted by molar-refractivity contribution is 0.0773. The molecule has 0 aliphatic heterocycles. The molecule has 2 aromatic carbocycles. The van der Waals surface area contributed by atoms with Crippen LogP contribution in [0.25, 0.3) is 0 Å². The molecule has 0 aliphatic rings. The van der Waals surface area contributed by atoms with Gasteiger partial charge in [-0.1, -0.05) is 12.1 Å². The van der Waals surface area contributed by atoms with Crippen molar-refractivity contribution in [2.75, 3.05) is 26.5 Å². The first-order chi connectivity index (χ1) is 11.5. The summed E-state index contributed by atoms with van der Waals surface area (Å²) in [6, 6.07) is 12.9. The van der Waals surface area contributed by atoms with E-state index in [0.717, 1.165) is 5.56 Å². The van der Waals surface area contributed by atoms with Crippen LogP contribution in [0.4, 0.5) is 4.39 Å². The SMILES string of the molecule is CN(CCOc1ccc(F)cc1)C(=O)c1cccc(CS(C)=O)c1. The summed E-state index contributed by atoms with van der Waals surface area (Å²) >= 11 is 0. The predicted octanol–water partition coefficient (Wildman–Crippen LogP) is 2.86. The Bertz CT molecular complexity index is 718. The van der Waals surface area contributed by atoms with Gasteiger partial charge in [0.15, 0.2) is 0 Å². The van der Waals surface area contributed by atoms with Crippen LogP contribution in [0.2, 0.25) is 0 Å². The van der Waals surface area contributed by atoms with Crippen LogP contribution in [0.1, 0.15) is 15.9 Å². The monoisotopic (exact) mass is 349 g/mol. The second-order valence-corrected chi connectivity index (χ2v) is 6.88. The first-order valence-electron chi connectivity index (χ1n) is 7.48. The van der Waals surface area contributed by atoms with Crippen molar-refractivity contribution in [3.8, 4) is 5.75 Å². The number of hydrogen-bond donors (Lipinski definition) is 0. The van der Waals surface area contributed by atoms with E-state index in [2.05, 4.69) is 0 Å². The number of benzene rings is 2. The van der Waals surface area contributed by atoms with E-state index in [0.29, 0.717) is 30.2 Å². The molecule has 1 atom stereocenters. The molecule has 0 bridgehead atoms. The molecule has 4 nitrogen and oxygen atoms in total. The van der Waals surface area contributed by atoms with E-state index in [9.17, 15) is 13.4 Å². The van der Waals surface area contributed by atoms with E-state index < -0.39 is 10.8 Å². The number of halogens is 1. The van der Waals surface area contributed by atoms with Gasteiger partial charge >= 0.3 is 0 Å². The highest BCUT2D eigenvalue weighted by molar-refractivity contribution is 7.83. The predicted molar refractivity (Wildman–Crippen MR) is 93.1 cm³/mol. The molecule has 1 amide bonds. The van der Waals surface area contributed by atoms with Gasteiger partial charge in [0.25, 0.3) is 5.91 Å². The van der Waals surface area contributed by atoms with Crippen LogP contribution in [0, 0.1) is 5.82 Å². The van der Waals surface area contributed by atoms with Crippen LogP contribution in [0.5, 0.6) is 5.75 Å². The number of carbonyl (C=O) groups is 1. The molecule has 24 heavy (non-hydrogen) atoms. The van der Waals surface area contributed by atoms with Crippen molar-refractivity contribution < 1.29 is 18.1 Å². The van der Waals surface area contributed by atoms with Gasteiger partial charge in [0.05, 0.1) is 6.54 Å². The third-order valence-electron chi connectivity index (χ3n) is 3.40. The van der Waals surface area contributed by atoms with Gasteiger partial charge < -0.3 is 9.64 Å². The van der Waals surface area contributed by atoms with Gasteiger partial charge in [0.2, 0.25) is 0 Å². The fourth-order valence-corrected chi connectivity index (χ4v) is 2.83. The van der Waals surface area contributed by atoms with Crippen molar-refractivity contribution in [2.24, 2.45) is 0 Å². The van der Waals surface area contributed by atoms with Crippen molar-refractivity contribution in [3.05, 3.63) is 65.5 Å². The Morgan fingerprint density at radius 2 is 1.92 bits per heavy atom. The molecule has 128 valence electrons. The number of amides is 1. The number of rotatable bonds is 7. The summed E-state index contributed by atoms with van der Waals surface area (Å²) < 4.78 is 29.6. The van der Waals surface area contributed by atoms with E-state index in [4.69, 9.17) is 4.74 Å². The van der Waals surface area contributed by atoms with Crippen molar-refractivity contribution in [3.63, 3.8) is 0 Å². The number of hydrogen-bond acceptors (Lipinski definition) is 3. The number of likely N-dealkylation sites (N-methyl/N-ethyl adjacent to an activating group) is 1. The van der Waals surface area contributed by atoms with E-state index in [1.807, 2.05) is 6.07 Å². The second-order valence-electron chi connectivity index (χ2n) is 5.45. The number of carbonyl (C=O) groups excluding carboxylic acids is 1. The average molecular weight is 349 g/mol. The quantitative estimate of drug-likeness (QED) is 0.772. The number of nitrogens with zero attached hydrogens (tertiary/aromatic N) is 1. The van der Waals surface area contributed by atoms with Crippen LogP contribution in [0.3, 0.4) is 0 Å². The zero-order valence-corrected chi connectivity index (χ0v) is 14.5. The topological polar surface area (TPSA) is 46.6 Å². The van der Waals surface area contributed by atoms with Crippen LogP contribution in [0.15, 0.2) is 48.5 Å². The largest absolute Gasteiger partial charge is 0.492 e. The van der Waals surface area contributed by atoms with Gasteiger partial charge in [0.1, 0.15) is 18.2 Å². The second kappa shape index (κ2) is 8.59. The van der Waals surface area contributed by atoms with Crippen molar-refractivity contribution in [1.29, 1.82) is 0 Å². The average Bonchev–Trinajstić information content (AvgIpc) is 2.55. The zero-order chi connectivity index (χ0) is 17.5. The van der Waals surface area contributed by atoms with Crippen LogP contribution in [-0.4, -0.2) is 41.5 Å². The van der Waals surface area contributed by atoms with Crippen LogP contribution >= 0.6 is 0 Å². The van der Waals surface area contributed by atoms with Gasteiger partial charge in [-0.3, -0.25) is 9.00 Å². The normalized spacial score (nSPS) is 11.8. The molecule has 0 saturated carbocycles. The van der Waals surface area contributed by atoms with Gasteiger partial charge in [-0.25, -0.2) is 4.39 Å². The van der Waals surface area contributed by atoms with Gasteiger partial charge in [-0.2, -0.15) is 0 Å². The Morgan fingerprint density at radius 3 is 2.58 bits per heavy atom. The summed E-state index contributed by atoms with van der Waals surface area (Å²) in [4.78, 5) is 14.0. The number of ether oxygens (including phenoxy) is 1. The fourth-order valence-electron chi connectivity index (χ4n) is 2.18. The summed E-state index contributed by atoms with van der Waals surface area (Å²) in [6.07, 6.45) is 1.63. The molecule has 6 heteroatoms. The highest BCUT2D eigenvalue weighted by Crippen LogP contribution is 2.12. The third-order valence-corrected chi connectivity index (χ3v) is 4.14. The molecular formula is C18H20FNO3S. The molecule has 0 saturated heterocycles. The lowest BCUT2D eigenvalue weighted by Crippen LogP contribution is -2.30. The molecule has 2 rings (SSSR count). The highest BCUT2D eigenvalue weighted by atomic mass is 32.2. The minimum absolute atomic E-state index is 0.124. The molecule has 1 unspecified atom stereocenters. The minimum Gasteiger partial charge on any atom is -0.492 e. The van der Waals surface area contributed by atoms with Crippen molar-refractivity contribution in [1.82, 2.24) is 4.90 Å². The maximum absolute atomic E-state index is 12.8. The van der Waals surface area contributed by atoms with E-state index >= 15 is 0 Å². The first kappa shape index (κ1) is 18.1. The summed E-state index contributed by atoms with van der Waals surface area (Å²) in [5.41, 5.74) is 1.43. The lowest BCUT2D eigenvalue weighted by Gasteiger charge is -2.18. The molecule has 0 N–H and O–H groups in total. The van der Waals surface area contributed by atoms with Gasteiger partial charge in [-0.15, -0.1) is 0 Å². The smallest absolute Gasteiger partial charge is 0.253 e. The lowest BCUT2D eigenvalue weighted by atomic mass is 10.1. The molecule has 0 fully saturated rings. The third kappa shape index (κ3) is 5.45. The van der Waals surface area contributed by atoms with Gasteiger partial charge in [-0.05, 0) is 42.0 Å². The summed E-state index contributed by atoms with van der Waals surface area (Å²) in [5.74, 6) is 0.548. The van der Waals surface area contributed by atoms with Crippen molar-refractivity contribution in [2.45, 2.75) is 5.75 Å². The standard InChI is InChI=1S/C18H20FNO3S/c1-20(10-11-23-17-8-6-16(19)7-9-17)18(21)15-5-3-4-14(12-15)13-24(2)22/h3-9,12H,10-11,13H2,1-2H3. The maximum Gasteiger partial charge on any atom is 0.253 e. The molecule has 0 aliphatic carbocycles. The molecular weight excluding hydrogens is 329 g/mol. The van der Waals surface area contributed by atoms with Gasteiger partial charge in [0, 0.05) is 35.4 Å². The molecule has 2 aromatic rings. The summed E-state index contributed by atoms with van der Waals surface area (Å²) in [6.45, 7) is 0.715. The first-order valence-corrected chi connectivity index (χ1v) is 9.21. The summed E-state index contributed by atoms with van der Waals surface area (Å²) in [5, 5.41) is 0. The van der Waals surface area contributed by atoms with Crippen molar-refractivity contribution >= 4 is 16.7 Å². The summed E-state index contributed by atoms with van der Waals surface area (Å²) in [7, 11) is 0.747. The Kier molecular flexibility index (Phi) is 6.49. The van der Waals surface area contributed by atoms with E-state index in [-0.39, 0.29) is 11.7 Å². The van der Waals surface area contributed by atoms with Crippen LogP contribution in [-0.2, 0) is 16.6 Å². The Hall–Kier alpha value is -2.21. The van der Waals surface area contributed by atoms with E-state index in [1.165, 1.54) is 12.1 Å². The maximum atomic E-state index is 12.8. The zero-order valence-electron chi connectivity index (χ0n) is 13.7. The van der Waals surface area contributed by atoms with E-state index in [1.54, 1.807) is 48.5 Å². The molecule has 0 spiro atoms. The fraction of sp³-hybridized carbons (Fsp3) is 0.278. The van der Waals surface area contributed by atoms with Crippen LogP contribution < -0.4 is 4.74 Å². The highest BCUT2D eigenvalue weighted by Gasteiger charge is 2.12. The molecule has 0 heterocycles. The molecule has 0 aromatic heterocycles.